The van der Waals surface area contributed by atoms with E-state index in [0.717, 1.165) is 0 Å². The number of halogens is 1. The largest absolute Gasteiger partial charge is 0.468 e. The quantitative estimate of drug-likeness (QED) is 0.325. The summed E-state index contributed by atoms with van der Waals surface area (Å²) in [5.74, 6) is -2.85. The molecule has 1 rings (SSSR count). The van der Waals surface area contributed by atoms with E-state index in [9.17, 15) is 14.0 Å². The lowest BCUT2D eigenvalue weighted by atomic mass is 10.0. The normalized spacial score (nSPS) is 11.4. The van der Waals surface area contributed by atoms with Gasteiger partial charge in [0.1, 0.15) is 12.4 Å². The Morgan fingerprint density at radius 2 is 2.00 bits per heavy atom. The fourth-order valence-electron chi connectivity index (χ4n) is 1.52. The molecule has 1 aromatic carbocycles. The highest BCUT2D eigenvalue weighted by Crippen LogP contribution is 2.20. The van der Waals surface area contributed by atoms with E-state index in [1.807, 2.05) is 0 Å². The molecule has 112 valence electrons. The molecule has 0 aromatic heterocycles. The molecular formula is C14H16FN3O3. The number of amides is 1. The number of amidine groups is 1. The molecule has 0 atom stereocenters. The van der Waals surface area contributed by atoms with E-state index >= 15 is 0 Å². The average molecular weight is 293 g/mol. The Morgan fingerprint density at radius 3 is 2.57 bits per heavy atom. The number of hydrogen-bond acceptors (Lipinski definition) is 4. The third kappa shape index (κ3) is 4.41. The summed E-state index contributed by atoms with van der Waals surface area (Å²) >= 11 is 0. The first kappa shape index (κ1) is 16.4. The van der Waals surface area contributed by atoms with Gasteiger partial charge in [-0.3, -0.25) is 15.0 Å². The first-order chi connectivity index (χ1) is 9.86. The molecule has 0 unspecified atom stereocenters. The van der Waals surface area contributed by atoms with Gasteiger partial charge in [-0.05, 0) is 24.1 Å². The van der Waals surface area contributed by atoms with Crippen LogP contribution in [0.1, 0.15) is 18.1 Å². The van der Waals surface area contributed by atoms with Gasteiger partial charge in [0.15, 0.2) is 5.83 Å². The van der Waals surface area contributed by atoms with Crippen molar-refractivity contribution in [2.24, 2.45) is 5.73 Å². The third-order valence-electron chi connectivity index (χ3n) is 2.76. The minimum atomic E-state index is -1.01. The molecule has 0 saturated carbocycles. The average Bonchev–Trinajstić information content (AvgIpc) is 2.50. The van der Waals surface area contributed by atoms with Gasteiger partial charge >= 0.3 is 5.97 Å². The molecule has 21 heavy (non-hydrogen) atoms. The minimum absolute atomic E-state index is 0.0838. The van der Waals surface area contributed by atoms with Crippen LogP contribution >= 0.6 is 0 Å². The summed E-state index contributed by atoms with van der Waals surface area (Å²) in [6, 6.07) is 6.31. The molecular weight excluding hydrogens is 277 g/mol. The molecule has 1 amide bonds. The Morgan fingerprint density at radius 1 is 1.38 bits per heavy atom. The molecule has 0 radical (unpaired) electrons. The highest BCUT2D eigenvalue weighted by Gasteiger charge is 2.15. The van der Waals surface area contributed by atoms with E-state index in [2.05, 4.69) is 10.1 Å². The van der Waals surface area contributed by atoms with Crippen molar-refractivity contribution in [3.8, 4) is 0 Å². The van der Waals surface area contributed by atoms with Gasteiger partial charge < -0.3 is 15.8 Å². The third-order valence-corrected chi connectivity index (χ3v) is 2.76. The van der Waals surface area contributed by atoms with E-state index < -0.39 is 24.2 Å². The van der Waals surface area contributed by atoms with Crippen LogP contribution in [-0.2, 0) is 14.3 Å². The van der Waals surface area contributed by atoms with Crippen LogP contribution < -0.4 is 11.1 Å². The summed E-state index contributed by atoms with van der Waals surface area (Å²) in [4.78, 5) is 22.5. The lowest BCUT2D eigenvalue weighted by Crippen LogP contribution is -2.30. The molecule has 0 saturated heterocycles. The second-order valence-electron chi connectivity index (χ2n) is 4.19. The number of carbonyl (C=O) groups is 2. The van der Waals surface area contributed by atoms with Crippen LogP contribution in [0.3, 0.4) is 0 Å². The molecule has 0 aliphatic rings. The van der Waals surface area contributed by atoms with Crippen molar-refractivity contribution in [1.29, 1.82) is 5.41 Å². The molecule has 0 aliphatic heterocycles. The molecule has 0 fully saturated rings. The van der Waals surface area contributed by atoms with Crippen LogP contribution in [0.25, 0.3) is 5.57 Å². The molecule has 0 bridgehead atoms. The zero-order valence-corrected chi connectivity index (χ0v) is 11.7. The number of nitrogens with one attached hydrogen (secondary N) is 2. The highest BCUT2D eigenvalue weighted by molar-refractivity contribution is 6.01. The van der Waals surface area contributed by atoms with Gasteiger partial charge in [0.25, 0.3) is 5.91 Å². The second-order valence-corrected chi connectivity index (χ2v) is 4.19. The van der Waals surface area contributed by atoms with Gasteiger partial charge in [0.05, 0.1) is 7.11 Å². The van der Waals surface area contributed by atoms with E-state index in [1.54, 1.807) is 18.2 Å². The van der Waals surface area contributed by atoms with Crippen LogP contribution in [0.2, 0.25) is 0 Å². The highest BCUT2D eigenvalue weighted by atomic mass is 19.1. The standard InChI is InChI=1S/C14H16FN3O3/c1-8(9-4-3-5-10(6-9)13(16)17)12(15)14(20)18-7-11(19)21-2/h3-6H,7H2,1-2H3,(H3,16,17)(H,18,20). The Hall–Kier alpha value is -2.70. The van der Waals surface area contributed by atoms with Crippen LogP contribution in [0, 0.1) is 5.41 Å². The second kappa shape index (κ2) is 7.18. The van der Waals surface area contributed by atoms with Gasteiger partial charge in [0.2, 0.25) is 0 Å². The molecule has 1 aromatic rings. The lowest BCUT2D eigenvalue weighted by molar-refractivity contribution is -0.140. The zero-order valence-electron chi connectivity index (χ0n) is 11.7. The Bertz CT molecular complexity index is 611. The Kier molecular flexibility index (Phi) is 5.59. The summed E-state index contributed by atoms with van der Waals surface area (Å²) in [7, 11) is 1.17. The van der Waals surface area contributed by atoms with Crippen molar-refractivity contribution in [3.05, 3.63) is 41.2 Å². The number of allylic oxidation sites excluding steroid dienone is 1. The van der Waals surface area contributed by atoms with Crippen molar-refractivity contribution in [2.75, 3.05) is 13.7 Å². The number of methoxy groups -OCH3 is 1. The maximum Gasteiger partial charge on any atom is 0.325 e. The Balaban J connectivity index is 2.95. The van der Waals surface area contributed by atoms with Crippen LogP contribution in [0.4, 0.5) is 4.39 Å². The van der Waals surface area contributed by atoms with Crippen molar-refractivity contribution in [1.82, 2.24) is 5.32 Å². The summed E-state index contributed by atoms with van der Waals surface area (Å²) in [5, 5.41) is 9.44. The molecule has 0 heterocycles. The monoisotopic (exact) mass is 293 g/mol. The number of nitrogens with two attached hydrogens (primary N) is 1. The summed E-state index contributed by atoms with van der Waals surface area (Å²) in [5.41, 5.74) is 6.29. The van der Waals surface area contributed by atoms with Crippen molar-refractivity contribution in [2.45, 2.75) is 6.92 Å². The van der Waals surface area contributed by atoms with Gasteiger partial charge in [-0.25, -0.2) is 4.39 Å². The molecule has 0 spiro atoms. The van der Waals surface area contributed by atoms with E-state index in [1.165, 1.54) is 20.1 Å². The first-order valence-corrected chi connectivity index (χ1v) is 6.03. The molecule has 4 N–H and O–H groups in total. The molecule has 0 aliphatic carbocycles. The lowest BCUT2D eigenvalue weighted by Gasteiger charge is -2.07. The number of nitrogen functional groups attached to an aromatic ring is 1. The smallest absolute Gasteiger partial charge is 0.325 e. The SMILES string of the molecule is COC(=O)CNC(=O)C(F)=C(C)c1cccc(C(=N)N)c1. The van der Waals surface area contributed by atoms with E-state index in [0.29, 0.717) is 11.1 Å². The minimum Gasteiger partial charge on any atom is -0.468 e. The van der Waals surface area contributed by atoms with Crippen molar-refractivity contribution < 1.29 is 18.7 Å². The van der Waals surface area contributed by atoms with Gasteiger partial charge in [0, 0.05) is 5.56 Å². The predicted octanol–water partition coefficient (Wildman–Crippen LogP) is 0.960. The number of hydrogen-bond donors (Lipinski definition) is 3. The van der Waals surface area contributed by atoms with Gasteiger partial charge in [-0.1, -0.05) is 18.2 Å². The fraction of sp³-hybridized carbons (Fsp3) is 0.214. The van der Waals surface area contributed by atoms with Gasteiger partial charge in [-0.15, -0.1) is 0 Å². The summed E-state index contributed by atoms with van der Waals surface area (Å²) in [6.45, 7) is 1.01. The van der Waals surface area contributed by atoms with Gasteiger partial charge in [-0.2, -0.15) is 0 Å². The van der Waals surface area contributed by atoms with Crippen LogP contribution in [0.15, 0.2) is 30.1 Å². The van der Waals surface area contributed by atoms with Crippen molar-refractivity contribution in [3.63, 3.8) is 0 Å². The number of benzene rings is 1. The molecule has 6 nitrogen and oxygen atoms in total. The van der Waals surface area contributed by atoms with E-state index in [4.69, 9.17) is 11.1 Å². The van der Waals surface area contributed by atoms with E-state index in [-0.39, 0.29) is 11.4 Å². The fourth-order valence-corrected chi connectivity index (χ4v) is 1.52. The first-order valence-electron chi connectivity index (χ1n) is 6.03. The summed E-state index contributed by atoms with van der Waals surface area (Å²) < 4.78 is 18.3. The number of ether oxygens (including phenoxy) is 1. The predicted molar refractivity (Wildman–Crippen MR) is 76.2 cm³/mol. The van der Waals surface area contributed by atoms with Crippen LogP contribution in [-0.4, -0.2) is 31.4 Å². The Labute approximate surface area is 121 Å². The van der Waals surface area contributed by atoms with Crippen molar-refractivity contribution >= 4 is 23.3 Å². The number of rotatable bonds is 5. The number of esters is 1. The number of carbonyl (C=O) groups excluding carboxylic acids is 2. The maximum atomic E-state index is 14.0. The maximum absolute atomic E-state index is 14.0. The van der Waals surface area contributed by atoms with Crippen LogP contribution in [0.5, 0.6) is 0 Å². The molecule has 7 heteroatoms. The zero-order chi connectivity index (χ0) is 16.0. The summed E-state index contributed by atoms with van der Waals surface area (Å²) in [6.07, 6.45) is 0. The topological polar surface area (TPSA) is 105 Å².